The molecule has 0 bridgehead atoms. The Kier molecular flexibility index (Phi) is 3.93. The monoisotopic (exact) mass is 286 g/mol. The van der Waals surface area contributed by atoms with E-state index in [1.165, 1.54) is 0 Å². The molecule has 8 heteroatoms. The summed E-state index contributed by atoms with van der Waals surface area (Å²) >= 11 is 0. The van der Waals surface area contributed by atoms with Gasteiger partial charge in [0.2, 0.25) is 0 Å². The molecule has 1 saturated heterocycles. The molecule has 1 aliphatic heterocycles. The van der Waals surface area contributed by atoms with Crippen molar-refractivity contribution in [2.45, 2.75) is 25.5 Å². The summed E-state index contributed by atoms with van der Waals surface area (Å²) < 4.78 is 31.4. The third kappa shape index (κ3) is 2.74. The maximum absolute atomic E-state index is 13.2. The number of rotatable bonds is 3. The average Bonchev–Trinajstić information content (AvgIpc) is 2.77. The van der Waals surface area contributed by atoms with Gasteiger partial charge in [-0.25, -0.2) is 8.78 Å². The second kappa shape index (κ2) is 5.49. The number of benzene rings is 1. The molecule has 1 amide bonds. The van der Waals surface area contributed by atoms with Gasteiger partial charge in [-0.2, -0.15) is 0 Å². The van der Waals surface area contributed by atoms with Gasteiger partial charge in [0, 0.05) is 6.61 Å². The smallest absolute Gasteiger partial charge is 0.285 e. The summed E-state index contributed by atoms with van der Waals surface area (Å²) in [6.45, 7) is 2.21. The zero-order chi connectivity index (χ0) is 14.9. The third-order valence-corrected chi connectivity index (χ3v) is 3.17. The van der Waals surface area contributed by atoms with Gasteiger partial charge in [0.05, 0.1) is 23.1 Å². The highest BCUT2D eigenvalue weighted by Gasteiger charge is 2.29. The number of nitrogens with one attached hydrogen (secondary N) is 1. The number of nitrogens with zero attached hydrogens (tertiary/aromatic N) is 1. The first-order valence-electron chi connectivity index (χ1n) is 5.96. The van der Waals surface area contributed by atoms with Crippen LogP contribution in [0.5, 0.6) is 0 Å². The van der Waals surface area contributed by atoms with E-state index in [0.717, 1.165) is 0 Å². The summed E-state index contributed by atoms with van der Waals surface area (Å²) in [6.07, 6.45) is 0.327. The van der Waals surface area contributed by atoms with E-state index in [4.69, 9.17) is 4.74 Å². The summed E-state index contributed by atoms with van der Waals surface area (Å²) in [7, 11) is 0. The molecule has 1 N–H and O–H groups in total. The molecule has 0 aromatic heterocycles. The van der Waals surface area contributed by atoms with E-state index in [1.807, 2.05) is 0 Å². The standard InChI is InChI=1S/C12H12F2N2O4/c1-6-10(2-3-20-6)15-12(17)7-4-8(13)9(14)5-11(7)16(18)19/h4-6,10H,2-3H2,1H3,(H,15,17). The van der Waals surface area contributed by atoms with Crippen molar-refractivity contribution >= 4 is 11.6 Å². The number of carbonyl (C=O) groups excluding carboxylic acids is 1. The molecule has 2 unspecified atom stereocenters. The molecule has 0 radical (unpaired) electrons. The summed E-state index contributed by atoms with van der Waals surface area (Å²) in [4.78, 5) is 21.9. The molecule has 1 fully saturated rings. The van der Waals surface area contributed by atoms with Crippen molar-refractivity contribution in [1.29, 1.82) is 0 Å². The first kappa shape index (κ1) is 14.3. The Hall–Kier alpha value is -2.09. The zero-order valence-corrected chi connectivity index (χ0v) is 10.6. The summed E-state index contributed by atoms with van der Waals surface area (Å²) in [5, 5.41) is 13.3. The van der Waals surface area contributed by atoms with Gasteiger partial charge in [-0.15, -0.1) is 0 Å². The quantitative estimate of drug-likeness (QED) is 0.678. The fraction of sp³-hybridized carbons (Fsp3) is 0.417. The maximum Gasteiger partial charge on any atom is 0.285 e. The fourth-order valence-corrected chi connectivity index (χ4v) is 2.04. The van der Waals surface area contributed by atoms with Gasteiger partial charge in [-0.05, 0) is 19.4 Å². The molecule has 0 spiro atoms. The van der Waals surface area contributed by atoms with E-state index in [0.29, 0.717) is 25.2 Å². The minimum absolute atomic E-state index is 0.233. The van der Waals surface area contributed by atoms with Gasteiger partial charge in [0.1, 0.15) is 5.56 Å². The Morgan fingerprint density at radius 3 is 2.65 bits per heavy atom. The van der Waals surface area contributed by atoms with Gasteiger partial charge >= 0.3 is 0 Å². The molecule has 2 rings (SSSR count). The third-order valence-electron chi connectivity index (χ3n) is 3.17. The summed E-state index contributed by atoms with van der Waals surface area (Å²) in [5.74, 6) is -3.50. The molecular formula is C12H12F2N2O4. The van der Waals surface area contributed by atoms with Crippen molar-refractivity contribution < 1.29 is 23.2 Å². The van der Waals surface area contributed by atoms with E-state index >= 15 is 0 Å². The van der Waals surface area contributed by atoms with Crippen molar-refractivity contribution in [2.75, 3.05) is 6.61 Å². The molecule has 2 atom stereocenters. The predicted octanol–water partition coefficient (Wildman–Crippen LogP) is 1.78. The lowest BCUT2D eigenvalue weighted by Gasteiger charge is -2.16. The van der Waals surface area contributed by atoms with Crippen LogP contribution in [0.2, 0.25) is 0 Å². The van der Waals surface area contributed by atoms with Crippen LogP contribution in [0, 0.1) is 21.7 Å². The number of nitro groups is 1. The Balaban J connectivity index is 2.29. The predicted molar refractivity (Wildman–Crippen MR) is 64.3 cm³/mol. The summed E-state index contributed by atoms with van der Waals surface area (Å²) in [6, 6.07) is 0.623. The van der Waals surface area contributed by atoms with Crippen molar-refractivity contribution in [3.8, 4) is 0 Å². The molecule has 1 aromatic rings. The van der Waals surface area contributed by atoms with E-state index in [2.05, 4.69) is 5.32 Å². The lowest BCUT2D eigenvalue weighted by Crippen LogP contribution is -2.39. The van der Waals surface area contributed by atoms with Crippen LogP contribution in [0.25, 0.3) is 0 Å². The SMILES string of the molecule is CC1OCCC1NC(=O)c1cc(F)c(F)cc1[N+](=O)[O-]. The lowest BCUT2D eigenvalue weighted by atomic mass is 10.1. The first-order valence-corrected chi connectivity index (χ1v) is 5.96. The van der Waals surface area contributed by atoms with Crippen LogP contribution in [0.3, 0.4) is 0 Å². The first-order chi connectivity index (χ1) is 9.40. The maximum atomic E-state index is 13.2. The van der Waals surface area contributed by atoms with Crippen LogP contribution in [0.1, 0.15) is 23.7 Å². The highest BCUT2D eigenvalue weighted by Crippen LogP contribution is 2.23. The molecule has 20 heavy (non-hydrogen) atoms. The second-order valence-electron chi connectivity index (χ2n) is 4.49. The number of carbonyl (C=O) groups is 1. The fourth-order valence-electron chi connectivity index (χ4n) is 2.04. The van der Waals surface area contributed by atoms with Gasteiger partial charge < -0.3 is 10.1 Å². The van der Waals surface area contributed by atoms with E-state index in [9.17, 15) is 23.7 Å². The second-order valence-corrected chi connectivity index (χ2v) is 4.49. The molecule has 1 heterocycles. The Morgan fingerprint density at radius 1 is 1.45 bits per heavy atom. The van der Waals surface area contributed by atoms with Crippen LogP contribution >= 0.6 is 0 Å². The molecule has 108 valence electrons. The summed E-state index contributed by atoms with van der Waals surface area (Å²) in [5.41, 5.74) is -1.28. The van der Waals surface area contributed by atoms with Gasteiger partial charge in [-0.1, -0.05) is 0 Å². The van der Waals surface area contributed by atoms with Gasteiger partial charge in [0.25, 0.3) is 11.6 Å². The molecule has 0 aliphatic carbocycles. The van der Waals surface area contributed by atoms with Crippen molar-refractivity contribution in [3.63, 3.8) is 0 Å². The van der Waals surface area contributed by atoms with Crippen LogP contribution < -0.4 is 5.32 Å². The van der Waals surface area contributed by atoms with Crippen LogP contribution in [0.4, 0.5) is 14.5 Å². The molecule has 6 nitrogen and oxygen atoms in total. The van der Waals surface area contributed by atoms with Gasteiger partial charge in [0.15, 0.2) is 11.6 Å². The Morgan fingerprint density at radius 2 is 2.10 bits per heavy atom. The van der Waals surface area contributed by atoms with E-state index < -0.39 is 33.7 Å². The molecule has 1 aliphatic rings. The highest BCUT2D eigenvalue weighted by atomic mass is 19.2. The largest absolute Gasteiger partial charge is 0.376 e. The molecule has 0 saturated carbocycles. The topological polar surface area (TPSA) is 81.5 Å². The van der Waals surface area contributed by atoms with Crippen LogP contribution in [-0.4, -0.2) is 29.6 Å². The lowest BCUT2D eigenvalue weighted by molar-refractivity contribution is -0.385. The number of amides is 1. The van der Waals surface area contributed by atoms with E-state index in [-0.39, 0.29) is 12.1 Å². The Labute approximate surface area is 112 Å². The number of hydrogen-bond donors (Lipinski definition) is 1. The van der Waals surface area contributed by atoms with Gasteiger partial charge in [-0.3, -0.25) is 14.9 Å². The highest BCUT2D eigenvalue weighted by molar-refractivity contribution is 5.98. The van der Waals surface area contributed by atoms with Crippen LogP contribution in [0.15, 0.2) is 12.1 Å². The number of hydrogen-bond acceptors (Lipinski definition) is 4. The van der Waals surface area contributed by atoms with Crippen molar-refractivity contribution in [2.24, 2.45) is 0 Å². The molecular weight excluding hydrogens is 274 g/mol. The minimum atomic E-state index is -1.37. The van der Waals surface area contributed by atoms with Crippen molar-refractivity contribution in [1.82, 2.24) is 5.32 Å². The molecule has 1 aromatic carbocycles. The van der Waals surface area contributed by atoms with Crippen molar-refractivity contribution in [3.05, 3.63) is 39.4 Å². The van der Waals surface area contributed by atoms with Crippen LogP contribution in [-0.2, 0) is 4.74 Å². The Bertz CT molecular complexity index is 565. The number of halogens is 2. The number of ether oxygens (including phenoxy) is 1. The average molecular weight is 286 g/mol. The normalized spacial score (nSPS) is 21.8. The zero-order valence-electron chi connectivity index (χ0n) is 10.6. The number of nitro benzene ring substituents is 1. The minimum Gasteiger partial charge on any atom is -0.376 e. The van der Waals surface area contributed by atoms with E-state index in [1.54, 1.807) is 6.92 Å².